The first-order valence-electron chi connectivity index (χ1n) is 3.35. The van der Waals surface area contributed by atoms with Crippen LogP contribution in [0.4, 0.5) is 0 Å². The second-order valence-electron chi connectivity index (χ2n) is 2.28. The Balaban J connectivity index is 2.96. The minimum absolute atomic E-state index is 0.0669. The molecular formula is C5H5Cl2N3O2S3. The van der Waals surface area contributed by atoms with E-state index >= 15 is 0 Å². The van der Waals surface area contributed by atoms with Crippen molar-refractivity contribution in [3.63, 3.8) is 0 Å². The summed E-state index contributed by atoms with van der Waals surface area (Å²) in [5, 5.41) is -0.198. The van der Waals surface area contributed by atoms with Crippen LogP contribution in [-0.2, 0) is 10.0 Å². The molecule has 0 amide bonds. The van der Waals surface area contributed by atoms with E-state index in [1.807, 2.05) is 4.83 Å². The summed E-state index contributed by atoms with van der Waals surface area (Å²) < 4.78 is 23.4. The molecule has 1 heterocycles. The van der Waals surface area contributed by atoms with E-state index in [9.17, 15) is 8.42 Å². The van der Waals surface area contributed by atoms with Crippen molar-refractivity contribution in [2.75, 3.05) is 0 Å². The third kappa shape index (κ3) is 3.44. The highest BCUT2D eigenvalue weighted by Gasteiger charge is 2.20. The number of halogens is 2. The molecule has 5 nitrogen and oxygen atoms in total. The maximum atomic E-state index is 11.5. The number of hydrogen-bond acceptors (Lipinski definition) is 4. The molecule has 1 aromatic rings. The largest absolute Gasteiger partial charge is 0.375 e. The summed E-state index contributed by atoms with van der Waals surface area (Å²) >= 11 is 16.7. The van der Waals surface area contributed by atoms with Gasteiger partial charge < -0.3 is 5.73 Å². The van der Waals surface area contributed by atoms with Gasteiger partial charge in [-0.1, -0.05) is 23.2 Å². The van der Waals surface area contributed by atoms with Crippen molar-refractivity contribution >= 4 is 61.9 Å². The van der Waals surface area contributed by atoms with E-state index in [1.165, 1.54) is 6.07 Å². The smallest absolute Gasteiger partial charge is 0.259 e. The van der Waals surface area contributed by atoms with Gasteiger partial charge in [-0.25, -0.2) is 8.42 Å². The van der Waals surface area contributed by atoms with Gasteiger partial charge in [0.2, 0.25) is 0 Å². The summed E-state index contributed by atoms with van der Waals surface area (Å²) in [6, 6.07) is 1.23. The van der Waals surface area contributed by atoms with E-state index in [4.69, 9.17) is 28.9 Å². The van der Waals surface area contributed by atoms with E-state index in [2.05, 4.69) is 17.6 Å². The fourth-order valence-electron chi connectivity index (χ4n) is 0.681. The third-order valence-electron chi connectivity index (χ3n) is 1.22. The zero-order chi connectivity index (χ0) is 11.6. The highest BCUT2D eigenvalue weighted by Crippen LogP contribution is 2.33. The van der Waals surface area contributed by atoms with Crippen molar-refractivity contribution in [2.24, 2.45) is 5.73 Å². The fraction of sp³-hybridized carbons (Fsp3) is 0. The number of rotatable bonds is 3. The Bertz CT molecular complexity index is 484. The van der Waals surface area contributed by atoms with Gasteiger partial charge in [0.25, 0.3) is 10.0 Å². The lowest BCUT2D eigenvalue weighted by molar-refractivity contribution is 0.578. The van der Waals surface area contributed by atoms with Crippen LogP contribution in [0.3, 0.4) is 0 Å². The highest BCUT2D eigenvalue weighted by molar-refractivity contribution is 7.89. The van der Waals surface area contributed by atoms with Crippen LogP contribution in [0.2, 0.25) is 8.67 Å². The first kappa shape index (κ1) is 12.9. The first-order chi connectivity index (χ1) is 6.83. The van der Waals surface area contributed by atoms with Crippen molar-refractivity contribution in [1.82, 2.24) is 10.3 Å². The van der Waals surface area contributed by atoms with Crippen LogP contribution in [0.25, 0.3) is 0 Å². The number of sulfonamides is 1. The predicted molar refractivity (Wildman–Crippen MR) is 64.6 cm³/mol. The lowest BCUT2D eigenvalue weighted by Crippen LogP contribution is -2.44. The molecule has 1 aromatic heterocycles. The van der Waals surface area contributed by atoms with Gasteiger partial charge in [-0.05, 0) is 18.3 Å². The van der Waals surface area contributed by atoms with Crippen LogP contribution in [0.15, 0.2) is 11.0 Å². The van der Waals surface area contributed by atoms with Gasteiger partial charge in [-0.15, -0.1) is 16.2 Å². The lowest BCUT2D eigenvalue weighted by atomic mass is 10.7. The van der Waals surface area contributed by atoms with E-state index in [1.54, 1.807) is 0 Å². The summed E-state index contributed by atoms with van der Waals surface area (Å²) in [6.07, 6.45) is 0. The van der Waals surface area contributed by atoms with Crippen LogP contribution in [0.1, 0.15) is 0 Å². The molecule has 0 aliphatic heterocycles. The standard InChI is InChI=1S/C5H5Cl2N3O2S3/c6-3-1-2(4(7)14-3)15(11,12)10-9-5(8)13/h1,10H,(H3,8,9,13). The lowest BCUT2D eigenvalue weighted by Gasteiger charge is -2.05. The van der Waals surface area contributed by atoms with E-state index in [0.717, 1.165) is 11.3 Å². The van der Waals surface area contributed by atoms with Crippen molar-refractivity contribution in [3.8, 4) is 0 Å². The van der Waals surface area contributed by atoms with E-state index in [-0.39, 0.29) is 18.7 Å². The van der Waals surface area contributed by atoms with Gasteiger partial charge in [0, 0.05) is 0 Å². The minimum atomic E-state index is -3.80. The first-order valence-corrected chi connectivity index (χ1v) is 6.81. The molecule has 0 aromatic carbocycles. The van der Waals surface area contributed by atoms with Gasteiger partial charge in [0.05, 0.1) is 4.34 Å². The number of hydrazine groups is 1. The van der Waals surface area contributed by atoms with Gasteiger partial charge >= 0.3 is 0 Å². The van der Waals surface area contributed by atoms with Crippen LogP contribution in [0, 0.1) is 0 Å². The maximum Gasteiger partial charge on any atom is 0.259 e. The van der Waals surface area contributed by atoms with Gasteiger partial charge in [-0.3, -0.25) is 5.43 Å². The molecule has 84 valence electrons. The molecule has 1 rings (SSSR count). The molecule has 0 saturated carbocycles. The van der Waals surface area contributed by atoms with Gasteiger partial charge in [0.15, 0.2) is 5.11 Å². The zero-order valence-electron chi connectivity index (χ0n) is 6.95. The van der Waals surface area contributed by atoms with Gasteiger partial charge in [0.1, 0.15) is 9.23 Å². The second-order valence-corrected chi connectivity index (χ2v) is 6.66. The quantitative estimate of drug-likeness (QED) is 0.575. The molecule has 0 aliphatic rings. The summed E-state index contributed by atoms with van der Waals surface area (Å²) in [6.45, 7) is 0. The Morgan fingerprint density at radius 1 is 1.53 bits per heavy atom. The number of nitrogens with one attached hydrogen (secondary N) is 2. The summed E-state index contributed by atoms with van der Waals surface area (Å²) in [4.78, 5) is 1.83. The molecule has 15 heavy (non-hydrogen) atoms. The Labute approximate surface area is 106 Å². The van der Waals surface area contributed by atoms with Crippen molar-refractivity contribution in [2.45, 2.75) is 4.90 Å². The summed E-state index contributed by atoms with van der Waals surface area (Å²) in [5.74, 6) is 0. The molecular weight excluding hydrogens is 301 g/mol. The van der Waals surface area contributed by atoms with Crippen molar-refractivity contribution in [3.05, 3.63) is 14.7 Å². The Hall–Kier alpha value is -0.120. The normalized spacial score (nSPS) is 11.3. The highest BCUT2D eigenvalue weighted by atomic mass is 35.5. The Morgan fingerprint density at radius 3 is 2.53 bits per heavy atom. The molecule has 0 bridgehead atoms. The molecule has 0 saturated heterocycles. The van der Waals surface area contributed by atoms with Crippen LogP contribution >= 0.6 is 46.8 Å². The van der Waals surface area contributed by atoms with E-state index in [0.29, 0.717) is 0 Å². The molecule has 0 spiro atoms. The molecule has 4 N–H and O–H groups in total. The monoisotopic (exact) mass is 305 g/mol. The SMILES string of the molecule is NC(=S)NNS(=O)(=O)c1cc(Cl)sc1Cl. The zero-order valence-corrected chi connectivity index (χ0v) is 10.9. The summed E-state index contributed by atoms with van der Waals surface area (Å²) in [5.41, 5.74) is 7.15. The number of thiophene rings is 1. The number of thiocarbonyl (C=S) groups is 1. The second kappa shape index (κ2) is 4.81. The average Bonchev–Trinajstić information content (AvgIpc) is 2.43. The topological polar surface area (TPSA) is 84.2 Å². The molecule has 10 heteroatoms. The van der Waals surface area contributed by atoms with Crippen molar-refractivity contribution in [1.29, 1.82) is 0 Å². The van der Waals surface area contributed by atoms with Crippen LogP contribution in [-0.4, -0.2) is 13.5 Å². The number of hydrogen-bond donors (Lipinski definition) is 3. The average molecular weight is 306 g/mol. The maximum absolute atomic E-state index is 11.5. The molecule has 0 aliphatic carbocycles. The third-order valence-corrected chi connectivity index (χ3v) is 4.33. The Kier molecular flexibility index (Phi) is 4.15. The van der Waals surface area contributed by atoms with Crippen LogP contribution < -0.4 is 16.0 Å². The predicted octanol–water partition coefficient (Wildman–Crippen LogP) is 1.08. The number of nitrogens with two attached hydrogens (primary N) is 1. The molecule has 0 atom stereocenters. The van der Waals surface area contributed by atoms with E-state index < -0.39 is 10.0 Å². The Morgan fingerprint density at radius 2 is 2.13 bits per heavy atom. The van der Waals surface area contributed by atoms with Crippen LogP contribution in [0.5, 0.6) is 0 Å². The molecule has 0 fully saturated rings. The molecule has 0 unspecified atom stereocenters. The molecule has 0 radical (unpaired) electrons. The summed E-state index contributed by atoms with van der Waals surface area (Å²) in [7, 11) is -3.80. The van der Waals surface area contributed by atoms with Gasteiger partial charge in [-0.2, -0.15) is 0 Å². The van der Waals surface area contributed by atoms with Crippen molar-refractivity contribution < 1.29 is 8.42 Å². The fourth-order valence-corrected chi connectivity index (χ4v) is 3.80. The minimum Gasteiger partial charge on any atom is -0.375 e.